The summed E-state index contributed by atoms with van der Waals surface area (Å²) in [6.45, 7) is 12.1. The molecule has 5 rings (SSSR count). The predicted molar refractivity (Wildman–Crippen MR) is 217 cm³/mol. The van der Waals surface area contributed by atoms with Gasteiger partial charge in [0.15, 0.2) is 5.60 Å². The van der Waals surface area contributed by atoms with Crippen molar-refractivity contribution in [2.24, 2.45) is 0 Å². The minimum absolute atomic E-state index is 0.0352. The summed E-state index contributed by atoms with van der Waals surface area (Å²) in [6, 6.07) is 15.6. The Hall–Kier alpha value is -5.25. The van der Waals surface area contributed by atoms with Crippen LogP contribution in [0, 0.1) is 11.6 Å². The zero-order valence-corrected chi connectivity index (χ0v) is 36.5. The van der Waals surface area contributed by atoms with E-state index in [2.05, 4.69) is 37.9 Å². The number of alkyl halides is 6. The highest BCUT2D eigenvalue weighted by Gasteiger charge is 2.46. The van der Waals surface area contributed by atoms with Crippen LogP contribution in [0.4, 0.5) is 35.1 Å². The summed E-state index contributed by atoms with van der Waals surface area (Å²) in [5.74, 6) is -8.03. The van der Waals surface area contributed by atoms with Crippen LogP contribution >= 0.6 is 11.6 Å². The summed E-state index contributed by atoms with van der Waals surface area (Å²) >= 11 is 6.13. The fourth-order valence-corrected chi connectivity index (χ4v) is 7.09. The first-order chi connectivity index (χ1) is 29.9. The van der Waals surface area contributed by atoms with Crippen LogP contribution in [0.15, 0.2) is 60.7 Å². The maximum absolute atomic E-state index is 14.3. The molecule has 0 unspecified atom stereocenters. The maximum atomic E-state index is 14.3. The molecule has 2 atom stereocenters. The lowest BCUT2D eigenvalue weighted by Crippen LogP contribution is -2.64. The Morgan fingerprint density at radius 3 is 1.69 bits per heavy atom. The summed E-state index contributed by atoms with van der Waals surface area (Å²) in [6.07, 6.45) is -9.22. The van der Waals surface area contributed by atoms with Gasteiger partial charge in [-0.25, -0.2) is 18.4 Å². The van der Waals surface area contributed by atoms with Crippen LogP contribution in [0.25, 0.3) is 0 Å². The average molecular weight is 957 g/mol. The van der Waals surface area contributed by atoms with E-state index < -0.39 is 53.5 Å². The van der Waals surface area contributed by atoms with Gasteiger partial charge < -0.3 is 39.6 Å². The van der Waals surface area contributed by atoms with Gasteiger partial charge in [0.2, 0.25) is 0 Å². The zero-order valence-electron chi connectivity index (χ0n) is 35.7. The van der Waals surface area contributed by atoms with Crippen LogP contribution in [-0.2, 0) is 48.0 Å². The normalized spacial score (nSPS) is 17.8. The molecule has 22 heteroatoms. The number of hydrogen-bond donors (Lipinski definition) is 4. The topological polar surface area (TPSA) is 184 Å². The molecule has 3 aromatic carbocycles. The Kier molecular flexibility index (Phi) is 18.5. The fourth-order valence-electron chi connectivity index (χ4n) is 6.96. The SMILES string of the molecule is CC1(C)CC(NC[C@@](C)(COc2cc(F)ccc2CC(=O)O)OC(=O)Cc2ccc(F)cc2OC[C@@H]2CO2)CC(C)(C)N1Cc1ccc(Cl)cc1.O=C(O)C(F)(F)F.O=C(O)C(F)(F)F. The molecule has 2 saturated heterocycles. The molecule has 0 amide bonds. The molecule has 2 aliphatic rings. The molecule has 0 bridgehead atoms. The van der Waals surface area contributed by atoms with Gasteiger partial charge in [-0.05, 0) is 77.3 Å². The molecule has 4 N–H and O–H groups in total. The summed E-state index contributed by atoms with van der Waals surface area (Å²) < 4.78 is 115. The van der Waals surface area contributed by atoms with Gasteiger partial charge >= 0.3 is 36.2 Å². The lowest BCUT2D eigenvalue weighted by molar-refractivity contribution is -0.193. The Bertz CT molecular complexity index is 2070. The number of benzene rings is 3. The minimum Gasteiger partial charge on any atom is -0.490 e. The molecular formula is C43H49ClF8N2O11. The number of carboxylic acid groups (broad SMARTS) is 3. The van der Waals surface area contributed by atoms with Crippen LogP contribution in [0.2, 0.25) is 5.02 Å². The number of nitrogens with one attached hydrogen (secondary N) is 1. The molecule has 0 aliphatic carbocycles. The number of hydrogen-bond acceptors (Lipinski definition) is 10. The van der Waals surface area contributed by atoms with E-state index in [-0.39, 0.29) is 72.9 Å². The number of piperidine rings is 1. The lowest BCUT2D eigenvalue weighted by Gasteiger charge is -2.56. The molecule has 0 radical (unpaired) electrons. The number of halogens is 9. The van der Waals surface area contributed by atoms with Crippen molar-refractivity contribution in [1.29, 1.82) is 0 Å². The van der Waals surface area contributed by atoms with Crippen LogP contribution in [0.5, 0.6) is 11.5 Å². The first-order valence-corrected chi connectivity index (χ1v) is 20.0. The lowest BCUT2D eigenvalue weighted by atomic mass is 9.76. The Balaban J connectivity index is 0.000000693. The number of carboxylic acids is 3. The monoisotopic (exact) mass is 956 g/mol. The van der Waals surface area contributed by atoms with Crippen molar-refractivity contribution in [2.45, 2.75) is 108 Å². The molecule has 3 aromatic rings. The summed E-state index contributed by atoms with van der Waals surface area (Å²) in [5.41, 5.74) is 0.208. The Morgan fingerprint density at radius 1 is 0.785 bits per heavy atom. The molecule has 2 aliphatic heterocycles. The highest BCUT2D eigenvalue weighted by atomic mass is 35.5. The van der Waals surface area contributed by atoms with E-state index >= 15 is 0 Å². The molecular weight excluding hydrogens is 908 g/mol. The number of nitrogens with zero attached hydrogens (tertiary/aromatic N) is 1. The van der Waals surface area contributed by atoms with Gasteiger partial charge in [-0.2, -0.15) is 26.3 Å². The number of carbonyl (C=O) groups excluding carboxylic acids is 1. The highest BCUT2D eigenvalue weighted by molar-refractivity contribution is 6.30. The first-order valence-electron chi connectivity index (χ1n) is 19.6. The van der Waals surface area contributed by atoms with Crippen molar-refractivity contribution < 1.29 is 88.6 Å². The van der Waals surface area contributed by atoms with Crippen molar-refractivity contribution in [1.82, 2.24) is 10.2 Å². The van der Waals surface area contributed by atoms with Crippen LogP contribution in [0.3, 0.4) is 0 Å². The molecule has 0 aromatic heterocycles. The molecule has 2 fully saturated rings. The van der Waals surface area contributed by atoms with Gasteiger partial charge in [-0.15, -0.1) is 0 Å². The highest BCUT2D eigenvalue weighted by Crippen LogP contribution is 2.40. The third-order valence-corrected chi connectivity index (χ3v) is 10.2. The van der Waals surface area contributed by atoms with Gasteiger partial charge in [0.1, 0.15) is 42.5 Å². The molecule has 13 nitrogen and oxygen atoms in total. The summed E-state index contributed by atoms with van der Waals surface area (Å²) in [5, 5.41) is 28.0. The number of carbonyl (C=O) groups is 4. The molecule has 0 saturated carbocycles. The number of rotatable bonds is 16. The predicted octanol–water partition coefficient (Wildman–Crippen LogP) is 8.02. The third-order valence-electron chi connectivity index (χ3n) is 9.91. The van der Waals surface area contributed by atoms with E-state index in [1.807, 2.05) is 24.3 Å². The fraction of sp³-hybridized carbons (Fsp3) is 0.488. The second-order valence-electron chi connectivity index (χ2n) is 16.7. The Morgan fingerprint density at radius 2 is 1.25 bits per heavy atom. The molecule has 0 spiro atoms. The number of ether oxygens (including phenoxy) is 4. The summed E-state index contributed by atoms with van der Waals surface area (Å²) in [7, 11) is 0. The van der Waals surface area contributed by atoms with Crippen molar-refractivity contribution in [3.63, 3.8) is 0 Å². The van der Waals surface area contributed by atoms with E-state index in [4.69, 9.17) is 50.4 Å². The molecule has 360 valence electrons. The largest absolute Gasteiger partial charge is 0.490 e. The second kappa shape index (κ2) is 22.3. The van der Waals surface area contributed by atoms with E-state index in [9.17, 15) is 49.8 Å². The van der Waals surface area contributed by atoms with Gasteiger partial charge in [-0.1, -0.05) is 35.9 Å². The molecule has 65 heavy (non-hydrogen) atoms. The van der Waals surface area contributed by atoms with Crippen molar-refractivity contribution in [3.8, 4) is 11.5 Å². The van der Waals surface area contributed by atoms with Crippen molar-refractivity contribution in [2.75, 3.05) is 26.4 Å². The van der Waals surface area contributed by atoms with Gasteiger partial charge in [0.05, 0.1) is 19.4 Å². The van der Waals surface area contributed by atoms with Crippen LogP contribution in [0.1, 0.15) is 64.2 Å². The van der Waals surface area contributed by atoms with Gasteiger partial charge in [0.25, 0.3) is 0 Å². The Labute approximate surface area is 373 Å². The maximum Gasteiger partial charge on any atom is 0.490 e. The van der Waals surface area contributed by atoms with E-state index in [1.54, 1.807) is 6.92 Å². The smallest absolute Gasteiger partial charge is 0.490 e. The average Bonchev–Trinajstić information content (AvgIpc) is 4.00. The van der Waals surface area contributed by atoms with E-state index in [0.717, 1.165) is 25.5 Å². The number of aliphatic carboxylic acids is 3. The quantitative estimate of drug-likeness (QED) is 0.0616. The first kappa shape index (κ1) is 54.1. The van der Waals surface area contributed by atoms with Crippen LogP contribution < -0.4 is 14.8 Å². The van der Waals surface area contributed by atoms with Crippen molar-refractivity contribution >= 4 is 35.5 Å². The van der Waals surface area contributed by atoms with Crippen molar-refractivity contribution in [3.05, 3.63) is 94.0 Å². The van der Waals surface area contributed by atoms with Gasteiger partial charge in [0, 0.05) is 58.5 Å². The van der Waals surface area contributed by atoms with Gasteiger partial charge in [-0.3, -0.25) is 14.5 Å². The number of epoxide rings is 1. The number of esters is 1. The third kappa shape index (κ3) is 18.3. The standard InChI is InChI=1S/C39H47ClF2N2O7.2C2HF3O2/c1-37(2)18-31(19-38(3,4)44(37)20-25-6-10-28(40)11-7-25)43-23-39(5,24-50-34-17-30(42)12-8-26(34)14-35(45)46)51-36(47)15-27-9-13-29(41)16-33(27)49-22-32-21-48-32;2*3-2(4,5)1(6)7/h6-13,16-17,31-32,43H,14-15,18-24H2,1-5H3,(H,45,46);2*(H,6,7)/t32-,39-;;/m0../s1. The van der Waals surface area contributed by atoms with E-state index in [0.29, 0.717) is 17.2 Å². The molecule has 2 heterocycles. The zero-order chi connectivity index (χ0) is 49.1. The summed E-state index contributed by atoms with van der Waals surface area (Å²) in [4.78, 5) is 45.3. The van der Waals surface area contributed by atoms with E-state index in [1.165, 1.54) is 35.9 Å². The number of likely N-dealkylation sites (tertiary alicyclic amines) is 1. The second-order valence-corrected chi connectivity index (χ2v) is 17.1. The van der Waals surface area contributed by atoms with Crippen LogP contribution in [-0.4, -0.2) is 112 Å². The minimum atomic E-state index is -5.08.